The Morgan fingerprint density at radius 3 is 2.92 bits per heavy atom. The van der Waals surface area contributed by atoms with Crippen LogP contribution in [0, 0.1) is 5.41 Å². The summed E-state index contributed by atoms with van der Waals surface area (Å²) in [5.74, 6) is 0. The van der Waals surface area contributed by atoms with Gasteiger partial charge in [-0.05, 0) is 24.7 Å². The minimum atomic E-state index is 0.0645. The lowest BCUT2D eigenvalue weighted by molar-refractivity contribution is 0.0803. The molecule has 1 rings (SSSR count). The van der Waals surface area contributed by atoms with Crippen molar-refractivity contribution < 1.29 is 4.74 Å². The van der Waals surface area contributed by atoms with Crippen LogP contribution in [0.1, 0.15) is 26.2 Å². The molecule has 0 aliphatic carbocycles. The van der Waals surface area contributed by atoms with Gasteiger partial charge < -0.3 is 10.5 Å². The van der Waals surface area contributed by atoms with E-state index in [1.54, 1.807) is 0 Å². The van der Waals surface area contributed by atoms with Gasteiger partial charge >= 0.3 is 0 Å². The van der Waals surface area contributed by atoms with Gasteiger partial charge in [0.05, 0.1) is 6.10 Å². The molecule has 1 heterocycles. The molecule has 0 aromatic rings. The molecule has 0 spiro atoms. The highest BCUT2D eigenvalue weighted by Crippen LogP contribution is 2.28. The van der Waals surface area contributed by atoms with E-state index in [9.17, 15) is 0 Å². The Hall–Kier alpha value is -0.340. The van der Waals surface area contributed by atoms with E-state index in [0.29, 0.717) is 12.6 Å². The minimum Gasteiger partial charge on any atom is -0.378 e. The molecule has 2 nitrogen and oxygen atoms in total. The zero-order chi connectivity index (χ0) is 9.03. The monoisotopic (exact) mass is 169 g/mol. The van der Waals surface area contributed by atoms with E-state index in [1.165, 1.54) is 12.8 Å². The van der Waals surface area contributed by atoms with E-state index in [1.807, 2.05) is 6.08 Å². The summed E-state index contributed by atoms with van der Waals surface area (Å²) in [6.07, 6.45) is 5.77. The van der Waals surface area contributed by atoms with Gasteiger partial charge in [-0.25, -0.2) is 0 Å². The van der Waals surface area contributed by atoms with Gasteiger partial charge in [0.2, 0.25) is 0 Å². The highest BCUT2D eigenvalue weighted by molar-refractivity contribution is 4.94. The Morgan fingerprint density at radius 2 is 2.50 bits per heavy atom. The molecule has 0 bridgehead atoms. The van der Waals surface area contributed by atoms with E-state index in [0.717, 1.165) is 13.0 Å². The van der Waals surface area contributed by atoms with Gasteiger partial charge in [0, 0.05) is 13.2 Å². The van der Waals surface area contributed by atoms with Gasteiger partial charge in [-0.1, -0.05) is 13.0 Å². The molecule has 2 atom stereocenters. The second-order valence-corrected chi connectivity index (χ2v) is 3.90. The summed E-state index contributed by atoms with van der Waals surface area (Å²) in [6.45, 7) is 7.53. The summed E-state index contributed by atoms with van der Waals surface area (Å²) in [7, 11) is 0. The van der Waals surface area contributed by atoms with Crippen molar-refractivity contribution in [2.45, 2.75) is 32.3 Å². The van der Waals surface area contributed by atoms with Crippen LogP contribution in [0.4, 0.5) is 0 Å². The Bertz CT molecular complexity index is 152. The maximum atomic E-state index is 5.67. The van der Waals surface area contributed by atoms with E-state index < -0.39 is 0 Å². The fraction of sp³-hybridized carbons (Fsp3) is 0.800. The van der Waals surface area contributed by atoms with Crippen LogP contribution < -0.4 is 5.73 Å². The molecule has 0 amide bonds. The molecule has 1 aliphatic rings. The first-order valence-corrected chi connectivity index (χ1v) is 4.65. The van der Waals surface area contributed by atoms with Crippen LogP contribution in [-0.2, 0) is 4.74 Å². The lowest BCUT2D eigenvalue weighted by atomic mass is 9.84. The maximum absolute atomic E-state index is 5.67. The lowest BCUT2D eigenvalue weighted by Gasteiger charge is -2.26. The second kappa shape index (κ2) is 4.06. The molecule has 2 heteroatoms. The highest BCUT2D eigenvalue weighted by Gasteiger charge is 2.26. The normalized spacial score (nSPS) is 28.3. The van der Waals surface area contributed by atoms with Crippen LogP contribution in [0.2, 0.25) is 0 Å². The van der Waals surface area contributed by atoms with Crippen LogP contribution in [0.15, 0.2) is 12.7 Å². The Labute approximate surface area is 74.8 Å². The van der Waals surface area contributed by atoms with Crippen LogP contribution in [0.3, 0.4) is 0 Å². The zero-order valence-corrected chi connectivity index (χ0v) is 7.88. The van der Waals surface area contributed by atoms with E-state index in [-0.39, 0.29) is 5.41 Å². The average Bonchev–Trinajstić information content (AvgIpc) is 2.57. The summed E-state index contributed by atoms with van der Waals surface area (Å²) in [5.41, 5.74) is 5.73. The van der Waals surface area contributed by atoms with Crippen LogP contribution in [-0.4, -0.2) is 19.3 Å². The first-order chi connectivity index (χ1) is 5.70. The SMILES string of the molecule is C=CC(C)(CN)CC1CCCO1. The topological polar surface area (TPSA) is 35.2 Å². The van der Waals surface area contributed by atoms with Crippen molar-refractivity contribution in [1.82, 2.24) is 0 Å². The Kier molecular flexibility index (Phi) is 3.29. The second-order valence-electron chi connectivity index (χ2n) is 3.90. The first-order valence-electron chi connectivity index (χ1n) is 4.65. The van der Waals surface area contributed by atoms with Crippen LogP contribution >= 0.6 is 0 Å². The van der Waals surface area contributed by atoms with Crippen molar-refractivity contribution in [1.29, 1.82) is 0 Å². The molecule has 1 saturated heterocycles. The van der Waals surface area contributed by atoms with Crippen LogP contribution in [0.25, 0.3) is 0 Å². The molecule has 12 heavy (non-hydrogen) atoms. The summed E-state index contributed by atoms with van der Waals surface area (Å²) in [6, 6.07) is 0. The molecule has 1 aliphatic heterocycles. The summed E-state index contributed by atoms with van der Waals surface area (Å²) in [4.78, 5) is 0. The molecule has 1 fully saturated rings. The van der Waals surface area contributed by atoms with Crippen molar-refractivity contribution in [3.8, 4) is 0 Å². The van der Waals surface area contributed by atoms with Gasteiger partial charge in [0.25, 0.3) is 0 Å². The highest BCUT2D eigenvalue weighted by atomic mass is 16.5. The minimum absolute atomic E-state index is 0.0645. The molecule has 2 unspecified atom stereocenters. The third kappa shape index (κ3) is 2.32. The quantitative estimate of drug-likeness (QED) is 0.650. The van der Waals surface area contributed by atoms with Gasteiger partial charge in [-0.15, -0.1) is 6.58 Å². The largest absolute Gasteiger partial charge is 0.378 e. The summed E-state index contributed by atoms with van der Waals surface area (Å²) >= 11 is 0. The number of hydrogen-bond donors (Lipinski definition) is 1. The molecule has 70 valence electrons. The molecular formula is C10H19NO. The number of ether oxygens (including phenoxy) is 1. The smallest absolute Gasteiger partial charge is 0.0584 e. The fourth-order valence-corrected chi connectivity index (χ4v) is 1.58. The van der Waals surface area contributed by atoms with E-state index >= 15 is 0 Å². The van der Waals surface area contributed by atoms with E-state index in [2.05, 4.69) is 13.5 Å². The van der Waals surface area contributed by atoms with Crippen molar-refractivity contribution in [3.05, 3.63) is 12.7 Å². The third-order valence-corrected chi connectivity index (χ3v) is 2.68. The Morgan fingerprint density at radius 1 is 1.75 bits per heavy atom. The van der Waals surface area contributed by atoms with Gasteiger partial charge in [0.15, 0.2) is 0 Å². The van der Waals surface area contributed by atoms with Gasteiger partial charge in [0.1, 0.15) is 0 Å². The maximum Gasteiger partial charge on any atom is 0.0584 e. The van der Waals surface area contributed by atoms with Crippen molar-refractivity contribution in [2.24, 2.45) is 11.1 Å². The Balaban J connectivity index is 2.40. The molecule has 0 radical (unpaired) electrons. The molecule has 0 saturated carbocycles. The van der Waals surface area contributed by atoms with Crippen molar-refractivity contribution in [2.75, 3.05) is 13.2 Å². The van der Waals surface area contributed by atoms with Crippen molar-refractivity contribution >= 4 is 0 Å². The predicted octanol–water partition coefficient (Wildman–Crippen LogP) is 1.71. The molecular weight excluding hydrogens is 150 g/mol. The summed E-state index contributed by atoms with van der Waals surface area (Å²) in [5, 5.41) is 0. The van der Waals surface area contributed by atoms with Gasteiger partial charge in [-0.3, -0.25) is 0 Å². The van der Waals surface area contributed by atoms with Crippen molar-refractivity contribution in [3.63, 3.8) is 0 Å². The lowest BCUT2D eigenvalue weighted by Crippen LogP contribution is -2.29. The molecule has 0 aromatic carbocycles. The predicted molar refractivity (Wildman–Crippen MR) is 50.9 cm³/mol. The zero-order valence-electron chi connectivity index (χ0n) is 7.88. The standard InChI is InChI=1S/C10H19NO/c1-3-10(2,8-11)7-9-5-4-6-12-9/h3,9H,1,4-8,11H2,2H3. The van der Waals surface area contributed by atoms with Crippen LogP contribution in [0.5, 0.6) is 0 Å². The fourth-order valence-electron chi connectivity index (χ4n) is 1.58. The number of rotatable bonds is 4. The average molecular weight is 169 g/mol. The summed E-state index contributed by atoms with van der Waals surface area (Å²) < 4.78 is 5.55. The molecule has 0 aromatic heterocycles. The van der Waals surface area contributed by atoms with Gasteiger partial charge in [-0.2, -0.15) is 0 Å². The molecule has 2 N–H and O–H groups in total. The first kappa shape index (κ1) is 9.75. The third-order valence-electron chi connectivity index (χ3n) is 2.68. The van der Waals surface area contributed by atoms with E-state index in [4.69, 9.17) is 10.5 Å². The number of hydrogen-bond acceptors (Lipinski definition) is 2. The number of nitrogens with two attached hydrogens (primary N) is 1.